The quantitative estimate of drug-likeness (QED) is 0.373. The summed E-state index contributed by atoms with van der Waals surface area (Å²) in [5, 5.41) is 12.5. The molecule has 0 aliphatic carbocycles. The zero-order valence-corrected chi connectivity index (χ0v) is 12.9. The van der Waals surface area contributed by atoms with Gasteiger partial charge in [-0.25, -0.2) is 0 Å². The summed E-state index contributed by atoms with van der Waals surface area (Å²) in [5.74, 6) is 1.12. The van der Waals surface area contributed by atoms with Crippen molar-refractivity contribution in [1.82, 2.24) is 0 Å². The van der Waals surface area contributed by atoms with Crippen LogP contribution in [0.3, 0.4) is 0 Å². The molecule has 6 heteroatoms. The third kappa shape index (κ3) is 3.05. The van der Waals surface area contributed by atoms with E-state index in [4.69, 9.17) is 27.3 Å². The van der Waals surface area contributed by atoms with Gasteiger partial charge in [0.25, 0.3) is 0 Å². The van der Waals surface area contributed by atoms with Crippen LogP contribution in [0.5, 0.6) is 11.5 Å². The number of ether oxygens (including phenoxy) is 1. The van der Waals surface area contributed by atoms with E-state index in [9.17, 15) is 0 Å². The highest BCUT2D eigenvalue weighted by atomic mass is 79.9. The SMILES string of the molecule is Cc1cccc(/C(N)=N/O)c1Oc1ccc(Cl)cc1Br. The zero-order chi connectivity index (χ0) is 14.7. The number of hydrogen-bond donors (Lipinski definition) is 2. The van der Waals surface area contributed by atoms with E-state index in [2.05, 4.69) is 21.1 Å². The minimum atomic E-state index is -0.00575. The number of amidine groups is 1. The summed E-state index contributed by atoms with van der Waals surface area (Å²) >= 11 is 9.29. The van der Waals surface area contributed by atoms with Crippen molar-refractivity contribution in [2.45, 2.75) is 6.92 Å². The maximum atomic E-state index is 8.84. The van der Waals surface area contributed by atoms with Crippen LogP contribution in [-0.4, -0.2) is 11.0 Å². The van der Waals surface area contributed by atoms with Crippen LogP contribution in [0.25, 0.3) is 0 Å². The highest BCUT2D eigenvalue weighted by Gasteiger charge is 2.13. The van der Waals surface area contributed by atoms with E-state index in [1.165, 1.54) is 0 Å². The summed E-state index contributed by atoms with van der Waals surface area (Å²) in [6.45, 7) is 1.88. The Kier molecular flexibility index (Phi) is 4.52. The second-order valence-electron chi connectivity index (χ2n) is 4.11. The van der Waals surface area contributed by atoms with Crippen molar-refractivity contribution < 1.29 is 9.94 Å². The van der Waals surface area contributed by atoms with Crippen molar-refractivity contribution in [2.24, 2.45) is 10.9 Å². The van der Waals surface area contributed by atoms with E-state index < -0.39 is 0 Å². The lowest BCUT2D eigenvalue weighted by molar-refractivity contribution is 0.318. The Morgan fingerprint density at radius 1 is 1.35 bits per heavy atom. The summed E-state index contributed by atoms with van der Waals surface area (Å²) in [4.78, 5) is 0. The van der Waals surface area contributed by atoms with Gasteiger partial charge in [-0.3, -0.25) is 0 Å². The summed E-state index contributed by atoms with van der Waals surface area (Å²) < 4.78 is 6.59. The summed E-state index contributed by atoms with van der Waals surface area (Å²) in [5.41, 5.74) is 7.06. The predicted octanol–water partition coefficient (Wildman–Crippen LogP) is 4.30. The van der Waals surface area contributed by atoms with Crippen molar-refractivity contribution in [3.05, 3.63) is 57.0 Å². The number of rotatable bonds is 3. The minimum absolute atomic E-state index is 0.00575. The number of oxime groups is 1. The first-order valence-electron chi connectivity index (χ1n) is 5.73. The molecule has 0 fully saturated rings. The first-order valence-corrected chi connectivity index (χ1v) is 6.90. The van der Waals surface area contributed by atoms with Gasteiger partial charge in [0.05, 0.1) is 10.0 Å². The fourth-order valence-electron chi connectivity index (χ4n) is 1.71. The first kappa shape index (κ1) is 14.7. The Morgan fingerprint density at radius 3 is 2.75 bits per heavy atom. The van der Waals surface area contributed by atoms with Gasteiger partial charge in [-0.2, -0.15) is 0 Å². The molecule has 0 saturated carbocycles. The molecule has 104 valence electrons. The Bertz CT molecular complexity index is 674. The topological polar surface area (TPSA) is 67.8 Å². The Labute approximate surface area is 129 Å². The Hall–Kier alpha value is -1.72. The molecule has 20 heavy (non-hydrogen) atoms. The molecule has 2 aromatic rings. The van der Waals surface area contributed by atoms with Crippen molar-refractivity contribution in [2.75, 3.05) is 0 Å². The second-order valence-corrected chi connectivity index (χ2v) is 5.40. The lowest BCUT2D eigenvalue weighted by atomic mass is 10.1. The molecule has 0 amide bonds. The smallest absolute Gasteiger partial charge is 0.173 e. The Balaban J connectivity index is 2.48. The lowest BCUT2D eigenvalue weighted by Crippen LogP contribution is -2.14. The predicted molar refractivity (Wildman–Crippen MR) is 82.9 cm³/mol. The van der Waals surface area contributed by atoms with E-state index in [1.807, 2.05) is 19.1 Å². The zero-order valence-electron chi connectivity index (χ0n) is 10.6. The second kappa shape index (κ2) is 6.15. The third-order valence-electron chi connectivity index (χ3n) is 2.70. The molecule has 0 unspecified atom stereocenters. The van der Waals surface area contributed by atoms with Gasteiger partial charge in [0, 0.05) is 5.02 Å². The normalized spacial score (nSPS) is 11.4. The van der Waals surface area contributed by atoms with Crippen LogP contribution in [0.1, 0.15) is 11.1 Å². The number of nitrogens with two attached hydrogens (primary N) is 1. The molecule has 0 aliphatic rings. The molecule has 0 saturated heterocycles. The van der Waals surface area contributed by atoms with E-state index in [-0.39, 0.29) is 5.84 Å². The van der Waals surface area contributed by atoms with Gasteiger partial charge in [-0.1, -0.05) is 28.9 Å². The molecule has 0 spiro atoms. The maximum Gasteiger partial charge on any atom is 0.173 e. The number of benzene rings is 2. The van der Waals surface area contributed by atoms with Gasteiger partial charge in [0.15, 0.2) is 5.84 Å². The van der Waals surface area contributed by atoms with Crippen molar-refractivity contribution in [1.29, 1.82) is 0 Å². The third-order valence-corrected chi connectivity index (χ3v) is 3.56. The molecule has 2 rings (SSSR count). The van der Waals surface area contributed by atoms with E-state index in [1.54, 1.807) is 24.3 Å². The maximum absolute atomic E-state index is 8.84. The molecular weight excluding hydrogens is 344 g/mol. The Morgan fingerprint density at radius 2 is 2.10 bits per heavy atom. The van der Waals surface area contributed by atoms with Crippen LogP contribution in [-0.2, 0) is 0 Å². The standard InChI is InChI=1S/C14H12BrClN2O2/c1-8-3-2-4-10(14(17)18-19)13(8)20-12-6-5-9(16)7-11(12)15/h2-7,19H,1H3,(H2,17,18). The summed E-state index contributed by atoms with van der Waals surface area (Å²) in [6.07, 6.45) is 0. The van der Waals surface area contributed by atoms with Crippen molar-refractivity contribution >= 4 is 33.4 Å². The largest absolute Gasteiger partial charge is 0.455 e. The highest BCUT2D eigenvalue weighted by molar-refractivity contribution is 9.10. The van der Waals surface area contributed by atoms with Crippen molar-refractivity contribution in [3.63, 3.8) is 0 Å². The van der Waals surface area contributed by atoms with Crippen molar-refractivity contribution in [3.8, 4) is 11.5 Å². The fraction of sp³-hybridized carbons (Fsp3) is 0.0714. The number of aryl methyl sites for hydroxylation is 1. The molecule has 0 heterocycles. The van der Waals surface area contributed by atoms with Crippen LogP contribution >= 0.6 is 27.5 Å². The van der Waals surface area contributed by atoms with Crippen LogP contribution in [0, 0.1) is 6.92 Å². The molecule has 0 bridgehead atoms. The number of halogens is 2. The van der Waals surface area contributed by atoms with Gasteiger partial charge >= 0.3 is 0 Å². The minimum Gasteiger partial charge on any atom is -0.455 e. The molecule has 0 radical (unpaired) electrons. The molecule has 4 nitrogen and oxygen atoms in total. The van der Waals surface area contributed by atoms with Gasteiger partial charge < -0.3 is 15.7 Å². The average Bonchev–Trinajstić information content (AvgIpc) is 2.42. The lowest BCUT2D eigenvalue weighted by Gasteiger charge is -2.14. The number of nitrogens with zero attached hydrogens (tertiary/aromatic N) is 1. The van der Waals surface area contributed by atoms with Crippen LogP contribution in [0.2, 0.25) is 5.02 Å². The van der Waals surface area contributed by atoms with Gasteiger partial charge in [0.1, 0.15) is 11.5 Å². The highest BCUT2D eigenvalue weighted by Crippen LogP contribution is 2.35. The van der Waals surface area contributed by atoms with E-state index >= 15 is 0 Å². The van der Waals surface area contributed by atoms with Gasteiger partial charge in [-0.05, 0) is 52.7 Å². The monoisotopic (exact) mass is 354 g/mol. The number of hydrogen-bond acceptors (Lipinski definition) is 3. The van der Waals surface area contributed by atoms with Crippen LogP contribution in [0.4, 0.5) is 0 Å². The van der Waals surface area contributed by atoms with Crippen LogP contribution in [0.15, 0.2) is 46.0 Å². The summed E-state index contributed by atoms with van der Waals surface area (Å²) in [7, 11) is 0. The molecular formula is C14H12BrClN2O2. The van der Waals surface area contributed by atoms with E-state index in [0.717, 1.165) is 10.0 Å². The molecule has 2 aromatic carbocycles. The first-order chi connectivity index (χ1) is 9.52. The van der Waals surface area contributed by atoms with Crippen LogP contribution < -0.4 is 10.5 Å². The molecule has 0 aliphatic heterocycles. The van der Waals surface area contributed by atoms with Gasteiger partial charge in [0.2, 0.25) is 0 Å². The molecule has 0 aromatic heterocycles. The fourth-order valence-corrected chi connectivity index (χ4v) is 2.48. The molecule has 0 atom stereocenters. The van der Waals surface area contributed by atoms with E-state index in [0.29, 0.717) is 22.1 Å². The summed E-state index contributed by atoms with van der Waals surface area (Å²) in [6, 6.07) is 10.6. The number of para-hydroxylation sites is 1. The van der Waals surface area contributed by atoms with Gasteiger partial charge in [-0.15, -0.1) is 0 Å². The average molecular weight is 356 g/mol. The molecule has 3 N–H and O–H groups in total.